The smallest absolute Gasteiger partial charge is 0.245 e. The number of methoxy groups -OCH3 is 1. The summed E-state index contributed by atoms with van der Waals surface area (Å²) in [4.78, 5) is 27.3. The van der Waals surface area contributed by atoms with E-state index in [4.69, 9.17) is 14.2 Å². The molecule has 7 nitrogen and oxygen atoms in total. The average Bonchev–Trinajstić information content (AvgIpc) is 3.32. The van der Waals surface area contributed by atoms with Crippen LogP contribution in [0.25, 0.3) is 6.08 Å². The van der Waals surface area contributed by atoms with Crippen LogP contribution in [0, 0.1) is 0 Å². The molecule has 2 heterocycles. The number of benzene rings is 2. The summed E-state index contributed by atoms with van der Waals surface area (Å²) in [6, 6.07) is 12.6. The molecule has 0 radical (unpaired) electrons. The van der Waals surface area contributed by atoms with Gasteiger partial charge >= 0.3 is 0 Å². The Kier molecular flexibility index (Phi) is 6.63. The van der Waals surface area contributed by atoms with Crippen molar-refractivity contribution < 1.29 is 23.8 Å². The Morgan fingerprint density at radius 1 is 1.12 bits per heavy atom. The van der Waals surface area contributed by atoms with E-state index in [1.807, 2.05) is 47.4 Å². The van der Waals surface area contributed by atoms with E-state index in [0.717, 1.165) is 41.2 Å². The molecule has 2 aromatic rings. The molecular weight excluding hydrogens is 408 g/mol. The van der Waals surface area contributed by atoms with Gasteiger partial charge in [0, 0.05) is 12.6 Å². The van der Waals surface area contributed by atoms with Crippen molar-refractivity contribution in [2.45, 2.75) is 31.8 Å². The van der Waals surface area contributed by atoms with Crippen molar-refractivity contribution in [1.82, 2.24) is 10.2 Å². The first-order valence-corrected chi connectivity index (χ1v) is 10.9. The molecule has 2 amide bonds. The Labute approximate surface area is 188 Å². The highest BCUT2D eigenvalue weighted by Gasteiger charge is 2.33. The van der Waals surface area contributed by atoms with Crippen molar-refractivity contribution >= 4 is 17.9 Å². The van der Waals surface area contributed by atoms with Crippen molar-refractivity contribution in [2.24, 2.45) is 0 Å². The molecule has 0 spiro atoms. The molecule has 2 aromatic carbocycles. The number of amides is 2. The summed E-state index contributed by atoms with van der Waals surface area (Å²) >= 11 is 0. The zero-order valence-electron chi connectivity index (χ0n) is 18.4. The highest BCUT2D eigenvalue weighted by Crippen LogP contribution is 2.38. The summed E-state index contributed by atoms with van der Waals surface area (Å²) in [5, 5.41) is 2.78. The van der Waals surface area contributed by atoms with E-state index >= 15 is 0 Å². The van der Waals surface area contributed by atoms with Crippen molar-refractivity contribution in [2.75, 3.05) is 26.9 Å². The van der Waals surface area contributed by atoms with Crippen molar-refractivity contribution in [3.63, 3.8) is 0 Å². The number of carbonyl (C=O) groups is 2. The fraction of sp³-hybridized carbons (Fsp3) is 0.360. The maximum atomic E-state index is 13.1. The maximum Gasteiger partial charge on any atom is 0.245 e. The molecule has 1 N–H and O–H groups in total. The van der Waals surface area contributed by atoms with Gasteiger partial charge in [-0.25, -0.2) is 0 Å². The molecular formula is C25H28N2O5. The molecule has 0 saturated carbocycles. The highest BCUT2D eigenvalue weighted by molar-refractivity contribution is 5.95. The van der Waals surface area contributed by atoms with Crippen LogP contribution >= 0.6 is 0 Å². The minimum absolute atomic E-state index is 0.0347. The average molecular weight is 437 g/mol. The van der Waals surface area contributed by atoms with Gasteiger partial charge in [-0.1, -0.05) is 18.2 Å². The monoisotopic (exact) mass is 436 g/mol. The van der Waals surface area contributed by atoms with Crippen LogP contribution < -0.4 is 19.5 Å². The fourth-order valence-electron chi connectivity index (χ4n) is 4.10. The lowest BCUT2D eigenvalue weighted by molar-refractivity contribution is -0.136. The second-order valence-electron chi connectivity index (χ2n) is 7.93. The minimum Gasteiger partial charge on any atom is -0.497 e. The Balaban J connectivity index is 1.38. The predicted molar refractivity (Wildman–Crippen MR) is 121 cm³/mol. The molecule has 2 atom stereocenters. The van der Waals surface area contributed by atoms with Gasteiger partial charge in [-0.15, -0.1) is 0 Å². The lowest BCUT2D eigenvalue weighted by Gasteiger charge is -2.29. The van der Waals surface area contributed by atoms with Crippen molar-refractivity contribution in [3.05, 3.63) is 59.7 Å². The number of rotatable bonds is 6. The third-order valence-electron chi connectivity index (χ3n) is 5.76. The van der Waals surface area contributed by atoms with Crippen LogP contribution in [0.15, 0.2) is 48.5 Å². The lowest BCUT2D eigenvalue weighted by Crippen LogP contribution is -2.46. The normalized spacial score (nSPS) is 18.4. The number of ether oxygens (including phenoxy) is 3. The largest absolute Gasteiger partial charge is 0.497 e. The first kappa shape index (κ1) is 21.7. The van der Waals surface area contributed by atoms with Gasteiger partial charge < -0.3 is 24.4 Å². The number of nitrogens with zero attached hydrogens (tertiary/aromatic N) is 1. The van der Waals surface area contributed by atoms with Crippen LogP contribution in [0.5, 0.6) is 17.2 Å². The number of hydrogen-bond donors (Lipinski definition) is 1. The van der Waals surface area contributed by atoms with Crippen LogP contribution in [0.2, 0.25) is 0 Å². The second-order valence-corrected chi connectivity index (χ2v) is 7.93. The van der Waals surface area contributed by atoms with Gasteiger partial charge in [0.15, 0.2) is 11.5 Å². The zero-order chi connectivity index (χ0) is 22.5. The molecule has 2 aliphatic rings. The van der Waals surface area contributed by atoms with Gasteiger partial charge in [0.2, 0.25) is 11.8 Å². The summed E-state index contributed by atoms with van der Waals surface area (Å²) in [5.74, 6) is 1.81. The summed E-state index contributed by atoms with van der Waals surface area (Å²) in [7, 11) is 1.61. The molecule has 4 rings (SSSR count). The van der Waals surface area contributed by atoms with Crippen molar-refractivity contribution in [1.29, 1.82) is 0 Å². The number of fused-ring (bicyclic) bond motifs is 1. The first-order valence-electron chi connectivity index (χ1n) is 10.9. The standard InChI is InChI=1S/C25H28N2O5/c1-17(26-24(28)12-7-18-5-9-20(30-2)10-6-18)25(29)27-13-3-4-21(27)19-8-11-22-23(16-19)32-15-14-31-22/h5-12,16-17,21H,3-4,13-15H2,1-2H3,(H,26,28)/b12-7+/t17-,21?/m0/s1. The molecule has 168 valence electrons. The van der Waals surface area contributed by atoms with Gasteiger partial charge in [-0.3, -0.25) is 9.59 Å². The summed E-state index contributed by atoms with van der Waals surface area (Å²) < 4.78 is 16.4. The maximum absolute atomic E-state index is 13.1. The number of nitrogens with one attached hydrogen (secondary N) is 1. The molecule has 0 aromatic heterocycles. The van der Waals surface area contributed by atoms with E-state index in [-0.39, 0.29) is 17.9 Å². The number of hydrogen-bond acceptors (Lipinski definition) is 5. The van der Waals surface area contributed by atoms with Gasteiger partial charge in [0.25, 0.3) is 0 Å². The number of carbonyl (C=O) groups excluding carboxylic acids is 2. The summed E-state index contributed by atoms with van der Waals surface area (Å²) in [5.41, 5.74) is 1.90. The Bertz CT molecular complexity index is 1000. The van der Waals surface area contributed by atoms with E-state index < -0.39 is 6.04 Å². The molecule has 7 heteroatoms. The summed E-state index contributed by atoms with van der Waals surface area (Å²) in [6.07, 6.45) is 4.94. The number of likely N-dealkylation sites (tertiary alicyclic amines) is 1. The Morgan fingerprint density at radius 3 is 2.62 bits per heavy atom. The van der Waals surface area contributed by atoms with E-state index in [2.05, 4.69) is 5.32 Å². The minimum atomic E-state index is -0.624. The van der Waals surface area contributed by atoms with Crippen LogP contribution in [0.3, 0.4) is 0 Å². The molecule has 1 unspecified atom stereocenters. The second kappa shape index (κ2) is 9.77. The molecule has 1 saturated heterocycles. The SMILES string of the molecule is COc1ccc(/C=C/C(=O)N[C@@H](C)C(=O)N2CCCC2c2ccc3c(c2)OCCO3)cc1. The van der Waals surface area contributed by atoms with E-state index in [0.29, 0.717) is 19.8 Å². The van der Waals surface area contributed by atoms with E-state index in [1.54, 1.807) is 20.1 Å². The van der Waals surface area contributed by atoms with Crippen LogP contribution in [-0.4, -0.2) is 49.6 Å². The molecule has 2 aliphatic heterocycles. The van der Waals surface area contributed by atoms with Gasteiger partial charge in [0.1, 0.15) is 25.0 Å². The molecule has 0 bridgehead atoms. The zero-order valence-corrected chi connectivity index (χ0v) is 18.4. The first-order chi connectivity index (χ1) is 15.5. The topological polar surface area (TPSA) is 77.1 Å². The van der Waals surface area contributed by atoms with Crippen molar-refractivity contribution in [3.8, 4) is 17.2 Å². The Hall–Kier alpha value is -3.48. The van der Waals surface area contributed by atoms with Gasteiger partial charge in [0.05, 0.1) is 13.2 Å². The van der Waals surface area contributed by atoms with E-state index in [9.17, 15) is 9.59 Å². The van der Waals surface area contributed by atoms with Gasteiger partial charge in [-0.05, 0) is 61.2 Å². The van der Waals surface area contributed by atoms with Crippen LogP contribution in [-0.2, 0) is 9.59 Å². The fourth-order valence-corrected chi connectivity index (χ4v) is 4.10. The Morgan fingerprint density at radius 2 is 1.88 bits per heavy atom. The third-order valence-corrected chi connectivity index (χ3v) is 5.76. The third kappa shape index (κ3) is 4.88. The molecule has 1 fully saturated rings. The van der Waals surface area contributed by atoms with E-state index in [1.165, 1.54) is 6.08 Å². The van der Waals surface area contributed by atoms with Crippen LogP contribution in [0.4, 0.5) is 0 Å². The highest BCUT2D eigenvalue weighted by atomic mass is 16.6. The van der Waals surface area contributed by atoms with Gasteiger partial charge in [-0.2, -0.15) is 0 Å². The summed E-state index contributed by atoms with van der Waals surface area (Å²) in [6.45, 7) is 3.46. The molecule has 32 heavy (non-hydrogen) atoms. The quantitative estimate of drug-likeness (QED) is 0.703. The lowest BCUT2D eigenvalue weighted by atomic mass is 10.0. The molecule has 0 aliphatic carbocycles. The van der Waals surface area contributed by atoms with Crippen LogP contribution in [0.1, 0.15) is 36.9 Å². The predicted octanol–water partition coefficient (Wildman–Crippen LogP) is 3.35.